The summed E-state index contributed by atoms with van der Waals surface area (Å²) in [4.78, 5) is 39.5. The van der Waals surface area contributed by atoms with Crippen LogP contribution in [0.2, 0.25) is 0 Å². The van der Waals surface area contributed by atoms with E-state index in [-0.39, 0.29) is 25.4 Å². The van der Waals surface area contributed by atoms with Crippen LogP contribution in [0.3, 0.4) is 0 Å². The Balaban J connectivity index is 2.22. The van der Waals surface area contributed by atoms with Gasteiger partial charge in [0.15, 0.2) is 12.3 Å². The van der Waals surface area contributed by atoms with Gasteiger partial charge in [0.1, 0.15) is 6.04 Å². The third-order valence-corrected chi connectivity index (χ3v) is 4.69. The Morgan fingerprint density at radius 1 is 1.35 bits per heavy atom. The first-order valence-electron chi connectivity index (χ1n) is 9.61. The number of nitro groups is 1. The zero-order valence-electron chi connectivity index (χ0n) is 17.1. The SMILES string of the molecule is CCOC(OCC)C(C(=O)NCc1ccc([N+](=O)[O-])cc1)N1C(=O)[C@@H](N=[N+]=[N-])[C@H]1CO. The average Bonchev–Trinajstić information content (AvgIpc) is 2.76. The molecule has 0 radical (unpaired) electrons. The van der Waals surface area contributed by atoms with E-state index in [1.165, 1.54) is 24.3 Å². The van der Waals surface area contributed by atoms with Gasteiger partial charge in [0.25, 0.3) is 5.69 Å². The lowest BCUT2D eigenvalue weighted by atomic mass is 9.93. The molecular weight excluding hydrogens is 412 g/mol. The van der Waals surface area contributed by atoms with Crippen LogP contribution in [-0.2, 0) is 25.6 Å². The van der Waals surface area contributed by atoms with Gasteiger partial charge in [-0.15, -0.1) is 0 Å². The van der Waals surface area contributed by atoms with E-state index >= 15 is 0 Å². The topological polar surface area (TPSA) is 180 Å². The van der Waals surface area contributed by atoms with Gasteiger partial charge in [-0.05, 0) is 24.9 Å². The number of hydrogen-bond donors (Lipinski definition) is 2. The number of nitrogens with zero attached hydrogens (tertiary/aromatic N) is 5. The van der Waals surface area contributed by atoms with Crippen LogP contribution in [0.15, 0.2) is 29.4 Å². The number of amides is 2. The molecule has 0 saturated carbocycles. The fourth-order valence-electron chi connectivity index (χ4n) is 3.23. The number of carbonyl (C=O) groups excluding carboxylic acids is 2. The molecule has 1 aromatic rings. The van der Waals surface area contributed by atoms with Gasteiger partial charge in [0.2, 0.25) is 11.8 Å². The molecule has 0 aliphatic carbocycles. The van der Waals surface area contributed by atoms with E-state index in [1.807, 2.05) is 0 Å². The van der Waals surface area contributed by atoms with Gasteiger partial charge in [0, 0.05) is 36.8 Å². The third kappa shape index (κ3) is 5.47. The van der Waals surface area contributed by atoms with Crippen molar-refractivity contribution in [1.82, 2.24) is 10.2 Å². The van der Waals surface area contributed by atoms with E-state index in [0.717, 1.165) is 4.90 Å². The van der Waals surface area contributed by atoms with Gasteiger partial charge in [-0.3, -0.25) is 19.7 Å². The van der Waals surface area contributed by atoms with Crippen molar-refractivity contribution in [3.63, 3.8) is 0 Å². The number of ether oxygens (including phenoxy) is 2. The Labute approximate surface area is 177 Å². The lowest BCUT2D eigenvalue weighted by Gasteiger charge is -2.49. The maximum Gasteiger partial charge on any atom is 0.269 e. The largest absolute Gasteiger partial charge is 0.394 e. The predicted molar refractivity (Wildman–Crippen MR) is 106 cm³/mol. The van der Waals surface area contributed by atoms with Gasteiger partial charge in [-0.1, -0.05) is 17.2 Å². The van der Waals surface area contributed by atoms with Crippen molar-refractivity contribution >= 4 is 17.5 Å². The number of carbonyl (C=O) groups is 2. The molecule has 1 unspecified atom stereocenters. The Bertz CT molecular complexity index is 836. The van der Waals surface area contributed by atoms with E-state index in [4.69, 9.17) is 15.0 Å². The highest BCUT2D eigenvalue weighted by molar-refractivity contribution is 5.95. The first-order chi connectivity index (χ1) is 14.9. The smallest absolute Gasteiger partial charge is 0.269 e. The Hall–Kier alpha value is -3.25. The van der Waals surface area contributed by atoms with Crippen molar-refractivity contribution in [2.24, 2.45) is 5.11 Å². The molecule has 1 aliphatic rings. The molecule has 2 amide bonds. The summed E-state index contributed by atoms with van der Waals surface area (Å²) in [5.74, 6) is -1.24. The number of benzene rings is 1. The second kappa shape index (κ2) is 11.2. The molecule has 2 N–H and O–H groups in total. The van der Waals surface area contributed by atoms with E-state index in [2.05, 4.69) is 15.3 Å². The monoisotopic (exact) mass is 436 g/mol. The third-order valence-electron chi connectivity index (χ3n) is 4.69. The zero-order valence-corrected chi connectivity index (χ0v) is 17.1. The second-order valence-electron chi connectivity index (χ2n) is 6.51. The van der Waals surface area contributed by atoms with Crippen molar-refractivity contribution in [3.8, 4) is 0 Å². The van der Waals surface area contributed by atoms with E-state index in [9.17, 15) is 24.8 Å². The number of azide groups is 1. The molecule has 1 heterocycles. The molecule has 0 aromatic heterocycles. The molecule has 168 valence electrons. The highest BCUT2D eigenvalue weighted by atomic mass is 16.7. The maximum atomic E-state index is 13.0. The summed E-state index contributed by atoms with van der Waals surface area (Å²) in [6.07, 6.45) is -1.11. The van der Waals surface area contributed by atoms with E-state index in [1.54, 1.807) is 13.8 Å². The Morgan fingerprint density at radius 2 is 1.97 bits per heavy atom. The molecule has 31 heavy (non-hydrogen) atoms. The summed E-state index contributed by atoms with van der Waals surface area (Å²) in [5, 5.41) is 26.5. The number of hydrogen-bond acceptors (Lipinski definition) is 8. The summed E-state index contributed by atoms with van der Waals surface area (Å²) in [5.41, 5.74) is 9.16. The van der Waals surface area contributed by atoms with Gasteiger partial charge >= 0.3 is 0 Å². The number of aliphatic hydroxyl groups excluding tert-OH is 1. The van der Waals surface area contributed by atoms with Gasteiger partial charge < -0.3 is 24.8 Å². The lowest BCUT2D eigenvalue weighted by molar-refractivity contribution is -0.384. The van der Waals surface area contributed by atoms with Gasteiger partial charge in [0.05, 0.1) is 17.6 Å². The van der Waals surface area contributed by atoms with Crippen LogP contribution in [0.25, 0.3) is 10.4 Å². The predicted octanol–water partition coefficient (Wildman–Crippen LogP) is 0.861. The molecule has 13 nitrogen and oxygen atoms in total. The van der Waals surface area contributed by atoms with Crippen molar-refractivity contribution in [1.29, 1.82) is 0 Å². The van der Waals surface area contributed by atoms with Crippen molar-refractivity contribution in [2.75, 3.05) is 19.8 Å². The highest BCUT2D eigenvalue weighted by Crippen LogP contribution is 2.29. The summed E-state index contributed by atoms with van der Waals surface area (Å²) in [6.45, 7) is 3.30. The van der Waals surface area contributed by atoms with Crippen LogP contribution in [0.4, 0.5) is 5.69 Å². The number of nitro benzene ring substituents is 1. The van der Waals surface area contributed by atoms with Crippen LogP contribution in [-0.4, -0.2) is 71.0 Å². The molecule has 1 aromatic carbocycles. The molecule has 1 fully saturated rings. The van der Waals surface area contributed by atoms with Crippen molar-refractivity contribution in [3.05, 3.63) is 50.4 Å². The molecular formula is C18H24N6O7. The van der Waals surface area contributed by atoms with Crippen LogP contribution >= 0.6 is 0 Å². The summed E-state index contributed by atoms with van der Waals surface area (Å²) in [6, 6.07) is 2.36. The van der Waals surface area contributed by atoms with Crippen LogP contribution < -0.4 is 5.32 Å². The average molecular weight is 436 g/mol. The van der Waals surface area contributed by atoms with E-state index in [0.29, 0.717) is 5.56 Å². The molecule has 1 aliphatic heterocycles. The zero-order chi connectivity index (χ0) is 23.0. The fourth-order valence-corrected chi connectivity index (χ4v) is 3.23. The normalized spacial score (nSPS) is 18.8. The number of nitrogens with one attached hydrogen (secondary N) is 1. The summed E-state index contributed by atoms with van der Waals surface area (Å²) < 4.78 is 11.0. The van der Waals surface area contributed by atoms with Crippen LogP contribution in [0.5, 0.6) is 0 Å². The number of likely N-dealkylation sites (tertiary alicyclic amines) is 1. The first kappa shape index (κ1) is 24.0. The molecule has 1 saturated heterocycles. The molecule has 0 spiro atoms. The minimum atomic E-state index is -1.24. The van der Waals surface area contributed by atoms with E-state index < -0.39 is 47.8 Å². The molecule has 13 heteroatoms. The molecule has 2 rings (SSSR count). The summed E-state index contributed by atoms with van der Waals surface area (Å²) in [7, 11) is 0. The second-order valence-corrected chi connectivity index (χ2v) is 6.51. The van der Waals surface area contributed by atoms with Crippen LogP contribution in [0.1, 0.15) is 19.4 Å². The maximum absolute atomic E-state index is 13.0. The number of rotatable bonds is 12. The minimum Gasteiger partial charge on any atom is -0.394 e. The highest BCUT2D eigenvalue weighted by Gasteiger charge is 2.54. The molecule has 0 bridgehead atoms. The quantitative estimate of drug-likeness (QED) is 0.0926. The molecule has 3 atom stereocenters. The van der Waals surface area contributed by atoms with Crippen molar-refractivity contribution in [2.45, 2.75) is 44.8 Å². The minimum absolute atomic E-state index is 0.0316. The summed E-state index contributed by atoms with van der Waals surface area (Å²) >= 11 is 0. The van der Waals surface area contributed by atoms with Gasteiger partial charge in [-0.2, -0.15) is 0 Å². The number of aliphatic hydroxyl groups is 1. The Kier molecular flexibility index (Phi) is 8.70. The standard InChI is InChI=1S/C18H24N6O7/c1-3-30-18(31-4-2)15(23-13(10-25)14(17(23)27)21-22-19)16(26)20-9-11-5-7-12(8-6-11)24(28)29/h5-8,13-15,18,25H,3-4,9-10H2,1-2H3,(H,20,26)/t13-,14+,15?/m1/s1. The number of non-ortho nitro benzene ring substituents is 1. The van der Waals surface area contributed by atoms with Crippen molar-refractivity contribution < 1.29 is 29.1 Å². The number of β-lactam (4-membered cyclic amide) rings is 1. The fraction of sp³-hybridized carbons (Fsp3) is 0.556. The van der Waals surface area contributed by atoms with Gasteiger partial charge in [-0.25, -0.2) is 0 Å². The first-order valence-corrected chi connectivity index (χ1v) is 9.61. The Morgan fingerprint density at radius 3 is 2.45 bits per heavy atom. The lowest BCUT2D eigenvalue weighted by Crippen LogP contribution is -2.73. The van der Waals surface area contributed by atoms with Crippen LogP contribution in [0, 0.1) is 10.1 Å².